The molecule has 2 aromatic rings. The number of fused-ring (bicyclic) bond motifs is 4. The molecule has 4 nitrogen and oxygen atoms in total. The summed E-state index contributed by atoms with van der Waals surface area (Å²) in [6, 6.07) is 16.6. The monoisotopic (exact) mass is 296 g/mol. The van der Waals surface area contributed by atoms with Gasteiger partial charge in [-0.2, -0.15) is 0 Å². The van der Waals surface area contributed by atoms with E-state index in [1.807, 2.05) is 18.2 Å². The van der Waals surface area contributed by atoms with Crippen molar-refractivity contribution in [3.8, 4) is 0 Å². The maximum atomic E-state index is 6.45. The SMILES string of the molecule is NC1Cc2ccccc2C2=C(c3ccccc31)N(S)NN2. The normalized spacial score (nSPS) is 20.1. The Morgan fingerprint density at radius 3 is 2.62 bits per heavy atom. The second-order valence-electron chi connectivity index (χ2n) is 5.33. The van der Waals surface area contributed by atoms with Crippen molar-refractivity contribution >= 4 is 24.2 Å². The number of nitrogens with zero attached hydrogens (tertiary/aromatic N) is 1. The Bertz CT molecular complexity index is 741. The first-order valence-electron chi connectivity index (χ1n) is 6.94. The molecule has 1 unspecified atom stereocenters. The molecule has 0 saturated carbocycles. The van der Waals surface area contributed by atoms with Crippen molar-refractivity contribution in [2.24, 2.45) is 5.73 Å². The molecule has 0 spiro atoms. The number of hydrazine groups is 2. The first kappa shape index (κ1) is 12.8. The summed E-state index contributed by atoms with van der Waals surface area (Å²) in [7, 11) is 0. The Labute approximate surface area is 129 Å². The third-order valence-electron chi connectivity index (χ3n) is 4.08. The summed E-state index contributed by atoms with van der Waals surface area (Å²) in [4.78, 5) is 0. The zero-order valence-electron chi connectivity index (χ0n) is 11.4. The van der Waals surface area contributed by atoms with Gasteiger partial charge in [0.1, 0.15) is 0 Å². The van der Waals surface area contributed by atoms with E-state index in [0.717, 1.165) is 28.9 Å². The Balaban J connectivity index is 2.05. The van der Waals surface area contributed by atoms with Crippen LogP contribution in [-0.4, -0.2) is 4.41 Å². The van der Waals surface area contributed by atoms with Crippen LogP contribution in [0.4, 0.5) is 0 Å². The van der Waals surface area contributed by atoms with Gasteiger partial charge in [-0.25, -0.2) is 4.41 Å². The van der Waals surface area contributed by atoms with Crippen LogP contribution in [0.3, 0.4) is 0 Å². The number of nitrogens with one attached hydrogen (secondary N) is 2. The first-order chi connectivity index (χ1) is 10.3. The number of thiol groups is 1. The van der Waals surface area contributed by atoms with Crippen molar-refractivity contribution in [2.45, 2.75) is 12.5 Å². The molecule has 1 aliphatic heterocycles. The fourth-order valence-electron chi connectivity index (χ4n) is 3.10. The molecule has 2 aromatic carbocycles. The molecule has 4 rings (SSSR count). The standard InChI is InChI=1S/C16H16N4S/c17-14-9-10-5-1-2-6-11(10)15-16(20(21)19-18-15)13-8-4-3-7-12(13)14/h1-8,14,18-19,21H,9,17H2. The molecule has 1 aliphatic carbocycles. The lowest BCUT2D eigenvalue weighted by molar-refractivity contribution is 0.470. The lowest BCUT2D eigenvalue weighted by atomic mass is 9.87. The van der Waals surface area contributed by atoms with Gasteiger partial charge in [-0.3, -0.25) is 0 Å². The van der Waals surface area contributed by atoms with Crippen molar-refractivity contribution in [3.63, 3.8) is 0 Å². The molecule has 21 heavy (non-hydrogen) atoms. The van der Waals surface area contributed by atoms with Crippen LogP contribution in [0.25, 0.3) is 11.4 Å². The third-order valence-corrected chi connectivity index (χ3v) is 4.38. The molecule has 106 valence electrons. The largest absolute Gasteiger partial charge is 0.324 e. The van der Waals surface area contributed by atoms with Gasteiger partial charge in [0.2, 0.25) is 0 Å². The Morgan fingerprint density at radius 1 is 1.05 bits per heavy atom. The highest BCUT2D eigenvalue weighted by atomic mass is 32.1. The summed E-state index contributed by atoms with van der Waals surface area (Å²) in [6.07, 6.45) is 0.818. The van der Waals surface area contributed by atoms with E-state index in [0.29, 0.717) is 0 Å². The van der Waals surface area contributed by atoms with E-state index in [-0.39, 0.29) is 6.04 Å². The van der Waals surface area contributed by atoms with E-state index >= 15 is 0 Å². The van der Waals surface area contributed by atoms with Crippen LogP contribution in [0.2, 0.25) is 0 Å². The molecular weight excluding hydrogens is 280 g/mol. The van der Waals surface area contributed by atoms with Gasteiger partial charge in [0, 0.05) is 17.2 Å². The van der Waals surface area contributed by atoms with Crippen molar-refractivity contribution in [1.29, 1.82) is 0 Å². The van der Waals surface area contributed by atoms with Gasteiger partial charge in [-0.1, -0.05) is 48.5 Å². The first-order valence-corrected chi connectivity index (χ1v) is 7.34. The number of hydrogen-bond acceptors (Lipinski definition) is 5. The minimum absolute atomic E-state index is 0.0290. The van der Waals surface area contributed by atoms with E-state index in [9.17, 15) is 0 Å². The average molecular weight is 296 g/mol. The molecule has 5 heteroatoms. The molecular formula is C16H16N4S. The maximum absolute atomic E-state index is 6.45. The summed E-state index contributed by atoms with van der Waals surface area (Å²) >= 11 is 4.50. The second-order valence-corrected chi connectivity index (χ2v) is 5.73. The zero-order chi connectivity index (χ0) is 14.4. The van der Waals surface area contributed by atoms with Gasteiger partial charge in [0.05, 0.1) is 11.4 Å². The predicted octanol–water partition coefficient (Wildman–Crippen LogP) is 2.24. The molecule has 0 aromatic heterocycles. The second kappa shape index (κ2) is 4.80. The van der Waals surface area contributed by atoms with Gasteiger partial charge in [-0.05, 0) is 30.4 Å². The van der Waals surface area contributed by atoms with E-state index in [1.54, 1.807) is 4.41 Å². The van der Waals surface area contributed by atoms with Crippen molar-refractivity contribution in [3.05, 3.63) is 70.8 Å². The lowest BCUT2D eigenvalue weighted by Gasteiger charge is -2.24. The molecule has 0 bridgehead atoms. The van der Waals surface area contributed by atoms with Crippen molar-refractivity contribution in [2.75, 3.05) is 0 Å². The summed E-state index contributed by atoms with van der Waals surface area (Å²) < 4.78 is 1.71. The van der Waals surface area contributed by atoms with E-state index in [2.05, 4.69) is 54.1 Å². The van der Waals surface area contributed by atoms with Crippen molar-refractivity contribution < 1.29 is 0 Å². The summed E-state index contributed by atoms with van der Waals surface area (Å²) in [5.41, 5.74) is 19.4. The van der Waals surface area contributed by atoms with Crippen LogP contribution in [-0.2, 0) is 6.42 Å². The fraction of sp³-hybridized carbons (Fsp3) is 0.125. The van der Waals surface area contributed by atoms with Gasteiger partial charge in [-0.15, -0.1) is 5.53 Å². The van der Waals surface area contributed by atoms with E-state index < -0.39 is 0 Å². The fourth-order valence-corrected chi connectivity index (χ4v) is 3.36. The highest BCUT2D eigenvalue weighted by Gasteiger charge is 2.29. The molecule has 0 fully saturated rings. The van der Waals surface area contributed by atoms with Crippen LogP contribution in [0.15, 0.2) is 48.5 Å². The Morgan fingerprint density at radius 2 is 1.76 bits per heavy atom. The van der Waals surface area contributed by atoms with Gasteiger partial charge >= 0.3 is 0 Å². The average Bonchev–Trinajstić information content (AvgIpc) is 2.87. The predicted molar refractivity (Wildman–Crippen MR) is 87.4 cm³/mol. The van der Waals surface area contributed by atoms with E-state index in [1.165, 1.54) is 11.1 Å². The molecule has 2 aliphatic rings. The highest BCUT2D eigenvalue weighted by molar-refractivity contribution is 7.78. The van der Waals surface area contributed by atoms with Gasteiger partial charge < -0.3 is 11.2 Å². The molecule has 0 amide bonds. The zero-order valence-corrected chi connectivity index (χ0v) is 12.3. The third kappa shape index (κ3) is 1.93. The number of rotatable bonds is 0. The highest BCUT2D eigenvalue weighted by Crippen LogP contribution is 2.38. The lowest BCUT2D eigenvalue weighted by Crippen LogP contribution is -2.31. The number of hydrogen-bond donors (Lipinski definition) is 4. The minimum atomic E-state index is -0.0290. The van der Waals surface area contributed by atoms with Crippen LogP contribution in [0, 0.1) is 0 Å². The van der Waals surface area contributed by atoms with Gasteiger partial charge in [0.15, 0.2) is 0 Å². The Kier molecular flexibility index (Phi) is 2.92. The smallest absolute Gasteiger partial charge is 0.0990 e. The van der Waals surface area contributed by atoms with Gasteiger partial charge in [0.25, 0.3) is 0 Å². The molecule has 1 atom stereocenters. The van der Waals surface area contributed by atoms with E-state index in [4.69, 9.17) is 5.73 Å². The van der Waals surface area contributed by atoms with Crippen molar-refractivity contribution in [1.82, 2.24) is 15.4 Å². The molecule has 0 saturated heterocycles. The van der Waals surface area contributed by atoms with Crippen LogP contribution >= 0.6 is 12.8 Å². The topological polar surface area (TPSA) is 53.3 Å². The molecule has 0 radical (unpaired) electrons. The Hall–Kier alpha value is -1.95. The minimum Gasteiger partial charge on any atom is -0.324 e. The number of nitrogens with two attached hydrogens (primary N) is 1. The maximum Gasteiger partial charge on any atom is 0.0990 e. The van der Waals surface area contributed by atoms with Crippen LogP contribution in [0.1, 0.15) is 28.3 Å². The van der Waals surface area contributed by atoms with Crippen LogP contribution < -0.4 is 16.7 Å². The summed E-state index contributed by atoms with van der Waals surface area (Å²) in [6.45, 7) is 0. The number of benzene rings is 2. The summed E-state index contributed by atoms with van der Waals surface area (Å²) in [5.74, 6) is 0. The molecule has 1 heterocycles. The van der Waals surface area contributed by atoms with Crippen LogP contribution in [0.5, 0.6) is 0 Å². The molecule has 4 N–H and O–H groups in total. The summed E-state index contributed by atoms with van der Waals surface area (Å²) in [5, 5.41) is 0. The quantitative estimate of drug-likeness (QED) is 0.563.